The van der Waals surface area contributed by atoms with Gasteiger partial charge < -0.3 is 14.3 Å². The minimum Gasteiger partial charge on any atom is -0.464 e. The van der Waals surface area contributed by atoms with Crippen LogP contribution >= 0.6 is 11.3 Å². The van der Waals surface area contributed by atoms with Crippen molar-refractivity contribution in [1.82, 2.24) is 19.9 Å². The maximum Gasteiger partial charge on any atom is 0.417 e. The number of piperazine rings is 1. The van der Waals surface area contributed by atoms with Gasteiger partial charge in [0.2, 0.25) is 0 Å². The van der Waals surface area contributed by atoms with E-state index in [0.29, 0.717) is 60.3 Å². The topological polar surface area (TPSA) is 78.3 Å². The van der Waals surface area contributed by atoms with Crippen LogP contribution in [-0.2, 0) is 12.7 Å². The quantitative estimate of drug-likeness (QED) is 0.495. The number of nitrogens with zero attached hydrogens (tertiary/aromatic N) is 4. The number of rotatable bonds is 4. The van der Waals surface area contributed by atoms with Gasteiger partial charge in [0.1, 0.15) is 22.2 Å². The van der Waals surface area contributed by atoms with E-state index in [1.54, 1.807) is 18.4 Å². The van der Waals surface area contributed by atoms with Crippen molar-refractivity contribution in [3.63, 3.8) is 0 Å². The van der Waals surface area contributed by atoms with E-state index in [1.165, 1.54) is 17.4 Å². The SMILES string of the molecule is O=c1[nH]c(CN2CCN(c3ccc(C(F)(F)F)cn3)CC2)nc2scc(-c3ccco3)c12. The third-order valence-electron chi connectivity index (χ3n) is 5.42. The zero-order chi connectivity index (χ0) is 22.3. The van der Waals surface area contributed by atoms with Gasteiger partial charge >= 0.3 is 6.18 Å². The minimum absolute atomic E-state index is 0.203. The summed E-state index contributed by atoms with van der Waals surface area (Å²) in [5.41, 5.74) is -0.229. The highest BCUT2D eigenvalue weighted by Crippen LogP contribution is 2.31. The number of hydrogen-bond donors (Lipinski definition) is 1. The van der Waals surface area contributed by atoms with E-state index >= 15 is 0 Å². The molecule has 1 aliphatic heterocycles. The molecule has 0 spiro atoms. The first-order valence-corrected chi connectivity index (χ1v) is 10.8. The Kier molecular flexibility index (Phi) is 5.22. The Hall–Kier alpha value is -3.18. The summed E-state index contributed by atoms with van der Waals surface area (Å²) in [5.74, 6) is 1.73. The molecule has 7 nitrogen and oxygen atoms in total. The zero-order valence-corrected chi connectivity index (χ0v) is 17.5. The summed E-state index contributed by atoms with van der Waals surface area (Å²) >= 11 is 1.40. The van der Waals surface area contributed by atoms with Crippen LogP contribution < -0.4 is 10.5 Å². The van der Waals surface area contributed by atoms with Crippen molar-refractivity contribution in [3.05, 3.63) is 63.8 Å². The van der Waals surface area contributed by atoms with Gasteiger partial charge in [-0.1, -0.05) is 0 Å². The Balaban J connectivity index is 1.26. The molecule has 32 heavy (non-hydrogen) atoms. The average molecular weight is 461 g/mol. The van der Waals surface area contributed by atoms with Gasteiger partial charge in [-0.25, -0.2) is 9.97 Å². The van der Waals surface area contributed by atoms with E-state index in [4.69, 9.17) is 4.42 Å². The number of H-pyrrole nitrogens is 1. The minimum atomic E-state index is -4.39. The van der Waals surface area contributed by atoms with Gasteiger partial charge in [-0.2, -0.15) is 13.2 Å². The Morgan fingerprint density at radius 3 is 2.62 bits per heavy atom. The molecule has 5 heterocycles. The van der Waals surface area contributed by atoms with Gasteiger partial charge in [-0.05, 0) is 24.3 Å². The van der Waals surface area contributed by atoms with E-state index in [0.717, 1.165) is 17.8 Å². The van der Waals surface area contributed by atoms with Gasteiger partial charge in [0.15, 0.2) is 0 Å². The second-order valence-electron chi connectivity index (χ2n) is 7.49. The molecule has 1 N–H and O–H groups in total. The Morgan fingerprint density at radius 2 is 1.97 bits per heavy atom. The first-order valence-electron chi connectivity index (χ1n) is 9.93. The maximum atomic E-state index is 12.7. The van der Waals surface area contributed by atoms with Crippen molar-refractivity contribution < 1.29 is 17.6 Å². The summed E-state index contributed by atoms with van der Waals surface area (Å²) < 4.78 is 43.6. The number of alkyl halides is 3. The lowest BCUT2D eigenvalue weighted by molar-refractivity contribution is -0.137. The van der Waals surface area contributed by atoms with Gasteiger partial charge in [0, 0.05) is 43.3 Å². The molecule has 0 bridgehead atoms. The molecule has 4 aromatic rings. The van der Waals surface area contributed by atoms with Crippen LogP contribution in [0.5, 0.6) is 0 Å². The van der Waals surface area contributed by atoms with Crippen LogP contribution in [0, 0.1) is 0 Å². The predicted octanol–water partition coefficient (Wildman–Crippen LogP) is 3.98. The lowest BCUT2D eigenvalue weighted by atomic mass is 10.2. The largest absolute Gasteiger partial charge is 0.464 e. The third kappa shape index (κ3) is 4.00. The normalized spacial score (nSPS) is 15.5. The molecule has 4 aromatic heterocycles. The first-order chi connectivity index (χ1) is 15.4. The van der Waals surface area contributed by atoms with E-state index in [-0.39, 0.29) is 5.56 Å². The summed E-state index contributed by atoms with van der Waals surface area (Å²) in [6, 6.07) is 6.03. The van der Waals surface area contributed by atoms with Crippen LogP contribution in [0.2, 0.25) is 0 Å². The van der Waals surface area contributed by atoms with Crippen LogP contribution in [0.15, 0.2) is 51.3 Å². The number of anilines is 1. The lowest BCUT2D eigenvalue weighted by Crippen LogP contribution is -2.46. The van der Waals surface area contributed by atoms with Crippen molar-refractivity contribution in [3.8, 4) is 11.3 Å². The number of pyridine rings is 1. The van der Waals surface area contributed by atoms with E-state index in [9.17, 15) is 18.0 Å². The molecular weight excluding hydrogens is 443 g/mol. The molecule has 0 radical (unpaired) electrons. The first kappa shape index (κ1) is 20.7. The monoisotopic (exact) mass is 461 g/mol. The number of nitrogens with one attached hydrogen (secondary N) is 1. The van der Waals surface area contributed by atoms with Crippen molar-refractivity contribution >= 4 is 27.4 Å². The van der Waals surface area contributed by atoms with E-state index < -0.39 is 11.7 Å². The Morgan fingerprint density at radius 1 is 1.16 bits per heavy atom. The number of fused-ring (bicyclic) bond motifs is 1. The lowest BCUT2D eigenvalue weighted by Gasteiger charge is -2.35. The summed E-state index contributed by atoms with van der Waals surface area (Å²) in [7, 11) is 0. The summed E-state index contributed by atoms with van der Waals surface area (Å²) in [6.45, 7) is 3.06. The summed E-state index contributed by atoms with van der Waals surface area (Å²) in [4.78, 5) is 28.9. The van der Waals surface area contributed by atoms with Crippen molar-refractivity contribution in [1.29, 1.82) is 0 Å². The van der Waals surface area contributed by atoms with Crippen molar-refractivity contribution in [2.45, 2.75) is 12.7 Å². The molecule has 0 aliphatic carbocycles. The fraction of sp³-hybridized carbons (Fsp3) is 0.286. The molecule has 0 atom stereocenters. The Labute approximate surface area is 184 Å². The second kappa shape index (κ2) is 8.06. The maximum absolute atomic E-state index is 12.7. The molecule has 1 fully saturated rings. The smallest absolute Gasteiger partial charge is 0.417 e. The molecule has 0 saturated carbocycles. The van der Waals surface area contributed by atoms with E-state index in [1.807, 2.05) is 10.3 Å². The van der Waals surface area contributed by atoms with Crippen LogP contribution in [0.1, 0.15) is 11.4 Å². The zero-order valence-electron chi connectivity index (χ0n) is 16.7. The van der Waals surface area contributed by atoms with Gasteiger partial charge in [-0.15, -0.1) is 11.3 Å². The second-order valence-corrected chi connectivity index (χ2v) is 8.34. The molecule has 0 unspecified atom stereocenters. The van der Waals surface area contributed by atoms with Crippen LogP contribution in [-0.4, -0.2) is 46.0 Å². The van der Waals surface area contributed by atoms with Crippen LogP contribution in [0.25, 0.3) is 21.5 Å². The highest BCUT2D eigenvalue weighted by molar-refractivity contribution is 7.17. The highest BCUT2D eigenvalue weighted by Gasteiger charge is 2.31. The van der Waals surface area contributed by atoms with Crippen molar-refractivity contribution in [2.75, 3.05) is 31.1 Å². The standard InChI is InChI=1S/C21H18F3N5O2S/c22-21(23,24)13-3-4-17(25-10-13)29-7-5-28(6-8-29)11-16-26-19(30)18-14(12-32-20(18)27-16)15-2-1-9-31-15/h1-4,9-10,12H,5-8,11H2,(H,26,27,30). The third-order valence-corrected chi connectivity index (χ3v) is 6.30. The van der Waals surface area contributed by atoms with Gasteiger partial charge in [-0.3, -0.25) is 9.69 Å². The number of thiophene rings is 1. The van der Waals surface area contributed by atoms with Crippen LogP contribution in [0.4, 0.5) is 19.0 Å². The molecule has 1 aliphatic rings. The fourth-order valence-corrected chi connectivity index (χ4v) is 4.72. The molecule has 0 amide bonds. The number of furan rings is 1. The average Bonchev–Trinajstić information content (AvgIpc) is 3.44. The number of halogens is 3. The summed E-state index contributed by atoms with van der Waals surface area (Å²) in [6.07, 6.45) is -1.96. The highest BCUT2D eigenvalue weighted by atomic mass is 32.1. The summed E-state index contributed by atoms with van der Waals surface area (Å²) in [5, 5.41) is 2.39. The van der Waals surface area contributed by atoms with Crippen LogP contribution in [0.3, 0.4) is 0 Å². The predicted molar refractivity (Wildman–Crippen MR) is 115 cm³/mol. The number of aromatic nitrogens is 3. The molecular formula is C21H18F3N5O2S. The molecule has 1 saturated heterocycles. The van der Waals surface area contributed by atoms with Crippen molar-refractivity contribution in [2.24, 2.45) is 0 Å². The molecule has 11 heteroatoms. The van der Waals surface area contributed by atoms with E-state index in [2.05, 4.69) is 19.9 Å². The molecule has 5 rings (SSSR count). The number of hydrogen-bond acceptors (Lipinski definition) is 7. The van der Waals surface area contributed by atoms with Gasteiger partial charge in [0.25, 0.3) is 5.56 Å². The fourth-order valence-electron chi connectivity index (χ4n) is 3.77. The van der Waals surface area contributed by atoms with Gasteiger partial charge in [0.05, 0.1) is 23.8 Å². The molecule has 166 valence electrons. The Bertz CT molecular complexity index is 1270. The number of aromatic amines is 1. The molecule has 0 aromatic carbocycles.